The normalized spacial score (nSPS) is 18.9. The topological polar surface area (TPSA) is 71.1 Å². The number of likely N-dealkylation sites (tertiary alicyclic amines) is 1. The largest absolute Gasteiger partial charge is 0.434 e. The van der Waals surface area contributed by atoms with E-state index in [0.717, 1.165) is 38.4 Å². The maximum atomic E-state index is 13.0. The second kappa shape index (κ2) is 12.1. The van der Waals surface area contributed by atoms with Crippen LogP contribution in [0, 0.1) is 5.92 Å². The van der Waals surface area contributed by atoms with Crippen molar-refractivity contribution in [3.63, 3.8) is 0 Å². The fraction of sp³-hybridized carbons (Fsp3) is 0.462. The SMILES string of the molecule is O=C(NCc1cccc(CN2CCOCC2)c1)C1CCCN(C(=O)c2ccccc2OC(F)F)C1. The summed E-state index contributed by atoms with van der Waals surface area (Å²) in [4.78, 5) is 29.8. The zero-order valence-corrected chi connectivity index (χ0v) is 19.6. The van der Waals surface area contributed by atoms with Crippen LogP contribution in [-0.2, 0) is 22.6 Å². The number of para-hydroxylation sites is 1. The van der Waals surface area contributed by atoms with Crippen LogP contribution in [0.2, 0.25) is 0 Å². The summed E-state index contributed by atoms with van der Waals surface area (Å²) >= 11 is 0. The molecule has 0 aromatic heterocycles. The van der Waals surface area contributed by atoms with Gasteiger partial charge in [0.15, 0.2) is 0 Å². The van der Waals surface area contributed by atoms with Crippen LogP contribution in [0.4, 0.5) is 8.78 Å². The van der Waals surface area contributed by atoms with Gasteiger partial charge in [0, 0.05) is 39.3 Å². The van der Waals surface area contributed by atoms with Gasteiger partial charge in [-0.2, -0.15) is 8.78 Å². The molecule has 1 atom stereocenters. The van der Waals surface area contributed by atoms with Crippen LogP contribution in [-0.4, -0.2) is 67.6 Å². The number of carbonyl (C=O) groups is 2. The minimum Gasteiger partial charge on any atom is -0.434 e. The highest BCUT2D eigenvalue weighted by molar-refractivity contribution is 5.97. The Morgan fingerprint density at radius 3 is 2.63 bits per heavy atom. The zero-order valence-electron chi connectivity index (χ0n) is 19.6. The molecule has 2 saturated heterocycles. The molecule has 2 aromatic rings. The van der Waals surface area contributed by atoms with Gasteiger partial charge in [-0.1, -0.05) is 36.4 Å². The number of morpholine rings is 1. The van der Waals surface area contributed by atoms with E-state index < -0.39 is 12.5 Å². The van der Waals surface area contributed by atoms with Crippen LogP contribution in [0.15, 0.2) is 48.5 Å². The molecule has 2 amide bonds. The highest BCUT2D eigenvalue weighted by atomic mass is 19.3. The van der Waals surface area contributed by atoms with Crippen LogP contribution in [0.3, 0.4) is 0 Å². The quantitative estimate of drug-likeness (QED) is 0.619. The van der Waals surface area contributed by atoms with Crippen molar-refractivity contribution in [2.75, 3.05) is 39.4 Å². The summed E-state index contributed by atoms with van der Waals surface area (Å²) in [5.74, 6) is -1.03. The minimum absolute atomic E-state index is 0.0749. The van der Waals surface area contributed by atoms with Crippen molar-refractivity contribution >= 4 is 11.8 Å². The summed E-state index contributed by atoms with van der Waals surface area (Å²) in [6.07, 6.45) is 1.33. The number of hydrogen-bond donors (Lipinski definition) is 1. The van der Waals surface area contributed by atoms with Gasteiger partial charge in [0.2, 0.25) is 5.91 Å². The van der Waals surface area contributed by atoms with Crippen LogP contribution in [0.25, 0.3) is 0 Å². The molecule has 35 heavy (non-hydrogen) atoms. The Kier molecular flexibility index (Phi) is 8.65. The molecule has 0 saturated carbocycles. The van der Waals surface area contributed by atoms with Crippen molar-refractivity contribution in [2.24, 2.45) is 5.92 Å². The maximum absolute atomic E-state index is 13.0. The Labute approximate surface area is 204 Å². The molecule has 4 rings (SSSR count). The summed E-state index contributed by atoms with van der Waals surface area (Å²) in [5.41, 5.74) is 2.29. The summed E-state index contributed by atoms with van der Waals surface area (Å²) in [5, 5.41) is 3.00. The number of carbonyl (C=O) groups excluding carboxylic acids is 2. The Balaban J connectivity index is 1.32. The van der Waals surface area contributed by atoms with E-state index in [1.807, 2.05) is 12.1 Å². The average molecular weight is 488 g/mol. The number of nitrogens with zero attached hydrogens (tertiary/aromatic N) is 2. The van der Waals surface area contributed by atoms with Gasteiger partial charge in [-0.15, -0.1) is 0 Å². The molecule has 0 radical (unpaired) electrons. The smallest absolute Gasteiger partial charge is 0.387 e. The molecule has 2 fully saturated rings. The first kappa shape index (κ1) is 25.1. The van der Waals surface area contributed by atoms with Crippen molar-refractivity contribution in [1.29, 1.82) is 0 Å². The number of amides is 2. The minimum atomic E-state index is -3.02. The van der Waals surface area contributed by atoms with Gasteiger partial charge in [-0.3, -0.25) is 14.5 Å². The van der Waals surface area contributed by atoms with Crippen LogP contribution in [0.1, 0.15) is 34.3 Å². The second-order valence-corrected chi connectivity index (χ2v) is 8.89. The molecule has 9 heteroatoms. The lowest BCUT2D eigenvalue weighted by molar-refractivity contribution is -0.126. The monoisotopic (exact) mass is 487 g/mol. The van der Waals surface area contributed by atoms with Crippen LogP contribution >= 0.6 is 0 Å². The number of nitrogens with one attached hydrogen (secondary N) is 1. The Morgan fingerprint density at radius 1 is 1.06 bits per heavy atom. The summed E-state index contributed by atoms with van der Waals surface area (Å²) < 4.78 is 35.4. The molecule has 0 aliphatic carbocycles. The van der Waals surface area contributed by atoms with Crippen LogP contribution in [0.5, 0.6) is 5.75 Å². The fourth-order valence-electron chi connectivity index (χ4n) is 4.58. The van der Waals surface area contributed by atoms with E-state index in [2.05, 4.69) is 27.1 Å². The summed E-state index contributed by atoms with van der Waals surface area (Å²) in [7, 11) is 0. The molecule has 2 aliphatic rings. The first-order valence-corrected chi connectivity index (χ1v) is 12.0. The Bertz CT molecular complexity index is 1010. The van der Waals surface area contributed by atoms with E-state index in [4.69, 9.17) is 4.74 Å². The number of ether oxygens (including phenoxy) is 2. The van der Waals surface area contributed by atoms with E-state index >= 15 is 0 Å². The fourth-order valence-corrected chi connectivity index (χ4v) is 4.58. The third-order valence-electron chi connectivity index (χ3n) is 6.38. The predicted octanol–water partition coefficient (Wildman–Crippen LogP) is 3.29. The van der Waals surface area contributed by atoms with E-state index in [9.17, 15) is 18.4 Å². The van der Waals surface area contributed by atoms with Crippen molar-refractivity contribution in [3.8, 4) is 5.75 Å². The zero-order chi connectivity index (χ0) is 24.6. The van der Waals surface area contributed by atoms with E-state index in [0.29, 0.717) is 25.9 Å². The van der Waals surface area contributed by atoms with Gasteiger partial charge < -0.3 is 19.7 Å². The first-order chi connectivity index (χ1) is 17.0. The average Bonchev–Trinajstić information content (AvgIpc) is 2.88. The molecule has 1 unspecified atom stereocenters. The van der Waals surface area contributed by atoms with Gasteiger partial charge >= 0.3 is 6.61 Å². The molecule has 188 valence electrons. The third-order valence-corrected chi connectivity index (χ3v) is 6.38. The van der Waals surface area contributed by atoms with Gasteiger partial charge in [0.25, 0.3) is 5.91 Å². The summed E-state index contributed by atoms with van der Waals surface area (Å²) in [6.45, 7) is 2.28. The maximum Gasteiger partial charge on any atom is 0.387 e. The number of alkyl halides is 2. The molecule has 0 bridgehead atoms. The van der Waals surface area contributed by atoms with Gasteiger partial charge in [-0.05, 0) is 36.1 Å². The standard InChI is InChI=1S/C26H31F2N3O4/c27-26(28)35-23-9-2-1-8-22(23)25(33)31-10-4-7-21(18-31)24(32)29-16-19-5-3-6-20(15-19)17-30-11-13-34-14-12-30/h1-3,5-6,8-9,15,21,26H,4,7,10-14,16-18H2,(H,29,32). The number of rotatable bonds is 8. The number of hydrogen-bond acceptors (Lipinski definition) is 5. The first-order valence-electron chi connectivity index (χ1n) is 12.0. The van der Waals surface area contributed by atoms with Crippen molar-refractivity contribution < 1.29 is 27.8 Å². The highest BCUT2D eigenvalue weighted by Crippen LogP contribution is 2.25. The van der Waals surface area contributed by atoms with E-state index in [-0.39, 0.29) is 29.7 Å². The lowest BCUT2D eigenvalue weighted by Crippen LogP contribution is -2.45. The summed E-state index contributed by atoms with van der Waals surface area (Å²) in [6, 6.07) is 14.1. The molecule has 2 heterocycles. The molecule has 2 aromatic carbocycles. The van der Waals surface area contributed by atoms with Crippen molar-refractivity contribution in [2.45, 2.75) is 32.5 Å². The predicted molar refractivity (Wildman–Crippen MR) is 126 cm³/mol. The van der Waals surface area contributed by atoms with Crippen molar-refractivity contribution in [3.05, 3.63) is 65.2 Å². The highest BCUT2D eigenvalue weighted by Gasteiger charge is 2.30. The molecular formula is C26H31F2N3O4. The number of piperidine rings is 1. The van der Waals surface area contributed by atoms with Crippen LogP contribution < -0.4 is 10.1 Å². The number of halogens is 2. The van der Waals surface area contributed by atoms with Gasteiger partial charge in [-0.25, -0.2) is 0 Å². The molecule has 2 aliphatic heterocycles. The van der Waals surface area contributed by atoms with E-state index in [1.165, 1.54) is 23.8 Å². The molecule has 7 nitrogen and oxygen atoms in total. The number of benzene rings is 2. The molecule has 0 spiro atoms. The van der Waals surface area contributed by atoms with Gasteiger partial charge in [0.05, 0.1) is 24.7 Å². The lowest BCUT2D eigenvalue weighted by atomic mass is 9.96. The second-order valence-electron chi connectivity index (χ2n) is 8.89. The van der Waals surface area contributed by atoms with Gasteiger partial charge in [0.1, 0.15) is 5.75 Å². The van der Waals surface area contributed by atoms with E-state index in [1.54, 1.807) is 11.0 Å². The Morgan fingerprint density at radius 2 is 1.83 bits per heavy atom. The molecule has 1 N–H and O–H groups in total. The Hall–Kier alpha value is -3.04. The third kappa shape index (κ3) is 6.99. The van der Waals surface area contributed by atoms with Crippen molar-refractivity contribution in [1.82, 2.24) is 15.1 Å². The lowest BCUT2D eigenvalue weighted by Gasteiger charge is -2.32. The molecular weight excluding hydrogens is 456 g/mol.